The standard InChI is InChI=1S/C17H18ClN5O5S/c18-12-4-3-11(29(26,27)23-7-1-2-8-23)9-13(12)22-14(24)10-28-17(25)15-16(19)21-6-5-20-15/h3-6,9H,1-2,7-8,10H2,(H2,19,21)(H,22,24). The van der Waals surface area contributed by atoms with Gasteiger partial charge in [0.2, 0.25) is 10.0 Å². The largest absolute Gasteiger partial charge is 0.451 e. The van der Waals surface area contributed by atoms with E-state index >= 15 is 0 Å². The Labute approximate surface area is 172 Å². The van der Waals surface area contributed by atoms with Crippen LogP contribution in [0.25, 0.3) is 0 Å². The lowest BCUT2D eigenvalue weighted by Gasteiger charge is -2.16. The lowest BCUT2D eigenvalue weighted by atomic mass is 10.3. The number of sulfonamides is 1. The Bertz CT molecular complexity index is 1040. The number of nitrogens with two attached hydrogens (primary N) is 1. The van der Waals surface area contributed by atoms with Gasteiger partial charge in [-0.05, 0) is 31.0 Å². The van der Waals surface area contributed by atoms with Gasteiger partial charge in [-0.3, -0.25) is 4.79 Å². The van der Waals surface area contributed by atoms with E-state index in [0.29, 0.717) is 13.1 Å². The zero-order valence-corrected chi connectivity index (χ0v) is 16.7. The van der Waals surface area contributed by atoms with Gasteiger partial charge < -0.3 is 15.8 Å². The number of anilines is 2. The maximum Gasteiger partial charge on any atom is 0.361 e. The fraction of sp³-hybridized carbons (Fsp3) is 0.294. The highest BCUT2D eigenvalue weighted by Crippen LogP contribution is 2.28. The maximum absolute atomic E-state index is 12.7. The van der Waals surface area contributed by atoms with Gasteiger partial charge in [0.15, 0.2) is 18.1 Å². The molecule has 0 saturated carbocycles. The van der Waals surface area contributed by atoms with Crippen LogP contribution in [0.5, 0.6) is 0 Å². The Kier molecular flexibility index (Phi) is 6.30. The SMILES string of the molecule is Nc1nccnc1C(=O)OCC(=O)Nc1cc(S(=O)(=O)N2CCCC2)ccc1Cl. The second-order valence-corrected chi connectivity index (χ2v) is 8.51. The van der Waals surface area contributed by atoms with E-state index in [2.05, 4.69) is 15.3 Å². The third kappa shape index (κ3) is 4.81. The molecule has 154 valence electrons. The molecule has 10 nitrogen and oxygen atoms in total. The van der Waals surface area contributed by atoms with Crippen molar-refractivity contribution in [2.24, 2.45) is 0 Å². The third-order valence-electron chi connectivity index (χ3n) is 4.17. The summed E-state index contributed by atoms with van der Waals surface area (Å²) in [4.78, 5) is 31.5. The maximum atomic E-state index is 12.7. The molecule has 0 radical (unpaired) electrons. The molecule has 1 saturated heterocycles. The number of nitrogens with one attached hydrogen (secondary N) is 1. The zero-order chi connectivity index (χ0) is 21.0. The first kappa shape index (κ1) is 21.0. The van der Waals surface area contributed by atoms with E-state index in [1.54, 1.807) is 0 Å². The van der Waals surface area contributed by atoms with Crippen LogP contribution in [0.1, 0.15) is 23.3 Å². The highest BCUT2D eigenvalue weighted by molar-refractivity contribution is 7.89. The molecule has 1 amide bonds. The number of rotatable bonds is 6. The summed E-state index contributed by atoms with van der Waals surface area (Å²) in [6.45, 7) is 0.260. The smallest absolute Gasteiger partial charge is 0.361 e. The van der Waals surface area contributed by atoms with Crippen molar-refractivity contribution < 1.29 is 22.7 Å². The summed E-state index contributed by atoms with van der Waals surface area (Å²) in [7, 11) is -3.67. The first-order valence-electron chi connectivity index (χ1n) is 8.62. The molecule has 12 heteroatoms. The van der Waals surface area contributed by atoms with Gasteiger partial charge in [0.1, 0.15) is 0 Å². The Balaban J connectivity index is 1.67. The van der Waals surface area contributed by atoms with E-state index in [9.17, 15) is 18.0 Å². The average Bonchev–Trinajstić information content (AvgIpc) is 3.24. The zero-order valence-electron chi connectivity index (χ0n) is 15.2. The van der Waals surface area contributed by atoms with Crippen LogP contribution >= 0.6 is 11.6 Å². The summed E-state index contributed by atoms with van der Waals surface area (Å²) in [6.07, 6.45) is 4.18. The quantitative estimate of drug-likeness (QED) is 0.640. The van der Waals surface area contributed by atoms with Crippen LogP contribution in [0.15, 0.2) is 35.5 Å². The van der Waals surface area contributed by atoms with E-state index in [0.717, 1.165) is 12.8 Å². The van der Waals surface area contributed by atoms with Crippen LogP contribution < -0.4 is 11.1 Å². The average molecular weight is 440 g/mol. The molecule has 2 aromatic rings. The second-order valence-electron chi connectivity index (χ2n) is 6.17. The second kappa shape index (κ2) is 8.72. The number of nitrogens with zero attached hydrogens (tertiary/aromatic N) is 3. The van der Waals surface area contributed by atoms with E-state index in [4.69, 9.17) is 22.1 Å². The Hall–Kier alpha value is -2.76. The number of hydrogen-bond donors (Lipinski definition) is 2. The van der Waals surface area contributed by atoms with Gasteiger partial charge in [-0.2, -0.15) is 4.31 Å². The first-order valence-corrected chi connectivity index (χ1v) is 10.4. The summed E-state index contributed by atoms with van der Waals surface area (Å²) in [5, 5.41) is 2.58. The number of hydrogen-bond acceptors (Lipinski definition) is 8. The molecule has 0 unspecified atom stereocenters. The molecule has 0 aliphatic carbocycles. The number of carbonyl (C=O) groups is 2. The number of ether oxygens (including phenoxy) is 1. The molecular formula is C17H18ClN5O5S. The van der Waals surface area contributed by atoms with Gasteiger partial charge in [-0.15, -0.1) is 0 Å². The van der Waals surface area contributed by atoms with Crippen molar-refractivity contribution >= 4 is 45.0 Å². The molecule has 0 bridgehead atoms. The molecule has 1 fully saturated rings. The molecule has 29 heavy (non-hydrogen) atoms. The van der Waals surface area contributed by atoms with Crippen molar-refractivity contribution in [1.82, 2.24) is 14.3 Å². The predicted octanol–water partition coefficient (Wildman–Crippen LogP) is 1.29. The molecule has 1 aromatic carbocycles. The van der Waals surface area contributed by atoms with E-state index in [1.165, 1.54) is 34.9 Å². The highest BCUT2D eigenvalue weighted by Gasteiger charge is 2.28. The predicted molar refractivity (Wildman–Crippen MR) is 105 cm³/mol. The summed E-state index contributed by atoms with van der Waals surface area (Å²) < 4.78 is 31.6. The minimum Gasteiger partial charge on any atom is -0.451 e. The van der Waals surface area contributed by atoms with Crippen molar-refractivity contribution in [1.29, 1.82) is 0 Å². The molecule has 1 aromatic heterocycles. The van der Waals surface area contributed by atoms with E-state index in [1.807, 2.05) is 0 Å². The van der Waals surface area contributed by atoms with Crippen molar-refractivity contribution in [2.75, 3.05) is 30.7 Å². The van der Waals surface area contributed by atoms with Gasteiger partial charge in [-0.1, -0.05) is 11.6 Å². The highest BCUT2D eigenvalue weighted by atomic mass is 35.5. The van der Waals surface area contributed by atoms with Gasteiger partial charge in [0.25, 0.3) is 5.91 Å². The molecule has 0 spiro atoms. The molecule has 2 heterocycles. The lowest BCUT2D eigenvalue weighted by molar-refractivity contribution is -0.119. The minimum atomic E-state index is -3.67. The van der Waals surface area contributed by atoms with Crippen LogP contribution in [0.4, 0.5) is 11.5 Å². The van der Waals surface area contributed by atoms with Crippen LogP contribution in [0.2, 0.25) is 5.02 Å². The van der Waals surface area contributed by atoms with Gasteiger partial charge in [-0.25, -0.2) is 23.2 Å². The topological polar surface area (TPSA) is 145 Å². The molecule has 3 N–H and O–H groups in total. The minimum absolute atomic E-state index is 0.0171. The number of halogens is 1. The van der Waals surface area contributed by atoms with E-state index < -0.39 is 28.5 Å². The molecule has 0 atom stereocenters. The number of nitrogen functional groups attached to an aromatic ring is 1. The molecule has 1 aliphatic rings. The van der Waals surface area contributed by atoms with Gasteiger partial charge >= 0.3 is 5.97 Å². The number of carbonyl (C=O) groups excluding carboxylic acids is 2. The Morgan fingerprint density at radius 2 is 1.90 bits per heavy atom. The van der Waals surface area contributed by atoms with Crippen LogP contribution in [-0.4, -0.2) is 54.3 Å². The van der Waals surface area contributed by atoms with Crippen molar-refractivity contribution in [3.05, 3.63) is 41.3 Å². The van der Waals surface area contributed by atoms with Crippen molar-refractivity contribution in [2.45, 2.75) is 17.7 Å². The summed E-state index contributed by atoms with van der Waals surface area (Å²) >= 11 is 6.06. The van der Waals surface area contributed by atoms with Crippen LogP contribution in [0.3, 0.4) is 0 Å². The monoisotopic (exact) mass is 439 g/mol. The van der Waals surface area contributed by atoms with E-state index in [-0.39, 0.29) is 27.1 Å². The number of amides is 1. The third-order valence-corrected chi connectivity index (χ3v) is 6.39. The summed E-state index contributed by atoms with van der Waals surface area (Å²) in [6, 6.07) is 4.03. The number of benzene rings is 1. The fourth-order valence-electron chi connectivity index (χ4n) is 2.73. The molecular weight excluding hydrogens is 422 g/mol. The Morgan fingerprint density at radius 1 is 1.21 bits per heavy atom. The summed E-state index contributed by atoms with van der Waals surface area (Å²) in [5.74, 6) is -1.75. The normalized spacial score (nSPS) is 14.5. The number of esters is 1. The van der Waals surface area contributed by atoms with Gasteiger partial charge in [0.05, 0.1) is 15.6 Å². The molecule has 1 aliphatic heterocycles. The summed E-state index contributed by atoms with van der Waals surface area (Å²) in [5.41, 5.74) is 5.41. The molecule has 3 rings (SSSR count). The van der Waals surface area contributed by atoms with Gasteiger partial charge in [0, 0.05) is 25.5 Å². The Morgan fingerprint density at radius 3 is 2.59 bits per heavy atom. The first-order chi connectivity index (χ1) is 13.8. The lowest BCUT2D eigenvalue weighted by Crippen LogP contribution is -2.28. The van der Waals surface area contributed by atoms with Crippen LogP contribution in [0, 0.1) is 0 Å². The van der Waals surface area contributed by atoms with Crippen molar-refractivity contribution in [3.63, 3.8) is 0 Å². The number of aromatic nitrogens is 2. The fourth-order valence-corrected chi connectivity index (χ4v) is 4.44. The van der Waals surface area contributed by atoms with Crippen molar-refractivity contribution in [3.8, 4) is 0 Å². The van der Waals surface area contributed by atoms with Crippen LogP contribution in [-0.2, 0) is 19.6 Å².